The molecule has 1 aromatic rings. The molecule has 0 aromatic carbocycles. The van der Waals surface area contributed by atoms with Crippen molar-refractivity contribution in [2.24, 2.45) is 0 Å². The zero-order valence-corrected chi connectivity index (χ0v) is 14.2. The summed E-state index contributed by atoms with van der Waals surface area (Å²) >= 11 is 0. The van der Waals surface area contributed by atoms with Gasteiger partial charge in [0.25, 0.3) is 0 Å². The van der Waals surface area contributed by atoms with Crippen molar-refractivity contribution >= 4 is 0 Å². The van der Waals surface area contributed by atoms with Gasteiger partial charge in [-0.15, -0.1) is 0 Å². The molecule has 112 valence electrons. The summed E-state index contributed by atoms with van der Waals surface area (Å²) in [6.45, 7) is 13.4. The van der Waals surface area contributed by atoms with Gasteiger partial charge in [0, 0.05) is 12.1 Å². The van der Waals surface area contributed by atoms with Crippen molar-refractivity contribution in [1.82, 2.24) is 0 Å². The van der Waals surface area contributed by atoms with Crippen molar-refractivity contribution in [3.8, 4) is 0 Å². The Balaban J connectivity index is 2.45. The highest BCUT2D eigenvalue weighted by molar-refractivity contribution is 5.28. The minimum absolute atomic E-state index is 0.0741. The molecule has 1 fully saturated rings. The summed E-state index contributed by atoms with van der Waals surface area (Å²) in [5, 5.41) is 0. The van der Waals surface area contributed by atoms with E-state index in [1.165, 1.54) is 37.7 Å². The molecular formula is C19H31O+. The van der Waals surface area contributed by atoms with Gasteiger partial charge in [-0.2, -0.15) is 0 Å². The molecule has 20 heavy (non-hydrogen) atoms. The average Bonchev–Trinajstić information content (AvgIpc) is 2.37. The summed E-state index contributed by atoms with van der Waals surface area (Å²) in [6.07, 6.45) is 6.86. The van der Waals surface area contributed by atoms with Gasteiger partial charge >= 0.3 is 11.5 Å². The summed E-state index contributed by atoms with van der Waals surface area (Å²) in [4.78, 5) is 0. The third kappa shape index (κ3) is 3.62. The van der Waals surface area contributed by atoms with E-state index in [9.17, 15) is 0 Å². The lowest BCUT2D eigenvalue weighted by molar-refractivity contribution is 0.324. The largest absolute Gasteiger partial charge is 0.334 e. The Hall–Kier alpha value is -0.850. The highest BCUT2D eigenvalue weighted by Gasteiger charge is 2.35. The normalized spacial score (nSPS) is 18.3. The van der Waals surface area contributed by atoms with Crippen LogP contribution < -0.4 is 0 Å². The minimum Gasteiger partial charge on any atom is -0.217 e. The molecule has 0 unspecified atom stereocenters. The monoisotopic (exact) mass is 275 g/mol. The molecule has 0 amide bonds. The smallest absolute Gasteiger partial charge is 0.217 e. The Bertz CT molecular complexity index is 421. The highest BCUT2D eigenvalue weighted by atomic mass is 16.3. The van der Waals surface area contributed by atoms with Gasteiger partial charge in [-0.3, -0.25) is 0 Å². The van der Waals surface area contributed by atoms with E-state index >= 15 is 0 Å². The predicted molar refractivity (Wildman–Crippen MR) is 86.3 cm³/mol. The molecule has 1 saturated carbocycles. The van der Waals surface area contributed by atoms with Crippen LogP contribution in [-0.2, 0) is 10.8 Å². The van der Waals surface area contributed by atoms with E-state index in [1.807, 2.05) is 0 Å². The molecule has 0 atom stereocenters. The second-order valence-electron chi connectivity index (χ2n) is 8.45. The topological polar surface area (TPSA) is 11.3 Å². The Labute approximate surface area is 124 Å². The molecular weight excluding hydrogens is 244 g/mol. The second kappa shape index (κ2) is 5.50. The molecule has 1 aromatic heterocycles. The lowest BCUT2D eigenvalue weighted by atomic mass is 9.81. The standard InChI is InChI=1S/C19H31O/c1-18(2,3)16-12-15(14-10-8-7-9-11-14)13-17(20-16)19(4,5)6/h12-14H,7-11H2,1-6H3/q+1. The fraction of sp³-hybridized carbons (Fsp3) is 0.737. The first-order valence-electron chi connectivity index (χ1n) is 8.17. The van der Waals surface area contributed by atoms with Crippen LogP contribution in [0.4, 0.5) is 0 Å². The molecule has 0 aliphatic heterocycles. The fourth-order valence-corrected chi connectivity index (χ4v) is 2.93. The minimum atomic E-state index is 0.0741. The van der Waals surface area contributed by atoms with Crippen LogP contribution in [0.1, 0.15) is 96.6 Å². The molecule has 1 aliphatic rings. The van der Waals surface area contributed by atoms with Gasteiger partial charge in [-0.05, 0) is 65.9 Å². The molecule has 1 heteroatoms. The van der Waals surface area contributed by atoms with E-state index in [0.717, 1.165) is 17.4 Å². The zero-order valence-electron chi connectivity index (χ0n) is 14.2. The molecule has 2 rings (SSSR count). The first kappa shape index (κ1) is 15.5. The highest BCUT2D eigenvalue weighted by Crippen LogP contribution is 2.37. The van der Waals surface area contributed by atoms with E-state index in [-0.39, 0.29) is 10.8 Å². The van der Waals surface area contributed by atoms with Crippen LogP contribution in [0.5, 0.6) is 0 Å². The van der Waals surface area contributed by atoms with Gasteiger partial charge < -0.3 is 0 Å². The molecule has 0 bridgehead atoms. The molecule has 0 N–H and O–H groups in total. The second-order valence-corrected chi connectivity index (χ2v) is 8.45. The number of hydrogen-bond donors (Lipinski definition) is 0. The fourth-order valence-electron chi connectivity index (χ4n) is 2.93. The molecule has 0 saturated heterocycles. The maximum atomic E-state index is 6.24. The number of rotatable bonds is 1. The first-order chi connectivity index (χ1) is 9.18. The van der Waals surface area contributed by atoms with E-state index < -0.39 is 0 Å². The zero-order chi connectivity index (χ0) is 15.0. The summed E-state index contributed by atoms with van der Waals surface area (Å²) in [5.74, 6) is 3.00. The molecule has 1 nitrogen and oxygen atoms in total. The van der Waals surface area contributed by atoms with Crippen LogP contribution >= 0.6 is 0 Å². The van der Waals surface area contributed by atoms with Gasteiger partial charge in [0.05, 0.1) is 10.8 Å². The Morgan fingerprint density at radius 2 is 1.25 bits per heavy atom. The van der Waals surface area contributed by atoms with Gasteiger partial charge in [-0.1, -0.05) is 19.3 Å². The molecule has 0 spiro atoms. The Morgan fingerprint density at radius 3 is 1.65 bits per heavy atom. The maximum Gasteiger partial charge on any atom is 0.334 e. The summed E-state index contributed by atoms with van der Waals surface area (Å²) < 4.78 is 6.24. The van der Waals surface area contributed by atoms with Crippen LogP contribution in [-0.4, -0.2) is 0 Å². The Morgan fingerprint density at radius 1 is 0.800 bits per heavy atom. The van der Waals surface area contributed by atoms with Gasteiger partial charge in [0.15, 0.2) is 0 Å². The molecule has 1 aliphatic carbocycles. The first-order valence-corrected chi connectivity index (χ1v) is 8.17. The third-order valence-corrected chi connectivity index (χ3v) is 4.37. The van der Waals surface area contributed by atoms with Gasteiger partial charge in [0.1, 0.15) is 0 Å². The van der Waals surface area contributed by atoms with Crippen LogP contribution in [0, 0.1) is 0 Å². The van der Waals surface area contributed by atoms with E-state index in [0.29, 0.717) is 0 Å². The maximum absolute atomic E-state index is 6.24. The van der Waals surface area contributed by atoms with Crippen molar-refractivity contribution in [2.75, 3.05) is 0 Å². The van der Waals surface area contributed by atoms with Crippen LogP contribution in [0.3, 0.4) is 0 Å². The predicted octanol–water partition coefficient (Wildman–Crippen LogP) is 6.20. The van der Waals surface area contributed by atoms with E-state index in [2.05, 4.69) is 53.7 Å². The van der Waals surface area contributed by atoms with Crippen molar-refractivity contribution < 1.29 is 4.42 Å². The number of hydrogen-bond acceptors (Lipinski definition) is 0. The van der Waals surface area contributed by atoms with Crippen LogP contribution in [0.2, 0.25) is 0 Å². The average molecular weight is 275 g/mol. The van der Waals surface area contributed by atoms with Crippen LogP contribution in [0.15, 0.2) is 16.5 Å². The summed E-state index contributed by atoms with van der Waals surface area (Å²) in [7, 11) is 0. The lowest BCUT2D eigenvalue weighted by Gasteiger charge is -2.23. The van der Waals surface area contributed by atoms with Crippen molar-refractivity contribution in [3.63, 3.8) is 0 Å². The van der Waals surface area contributed by atoms with Crippen molar-refractivity contribution in [2.45, 2.75) is 90.4 Å². The summed E-state index contributed by atoms with van der Waals surface area (Å²) in [5.41, 5.74) is 1.65. The van der Waals surface area contributed by atoms with Crippen molar-refractivity contribution in [1.29, 1.82) is 0 Å². The Kier molecular flexibility index (Phi) is 4.27. The van der Waals surface area contributed by atoms with E-state index in [4.69, 9.17) is 4.42 Å². The lowest BCUT2D eigenvalue weighted by Crippen LogP contribution is -2.18. The quantitative estimate of drug-likeness (QED) is 0.555. The van der Waals surface area contributed by atoms with Crippen molar-refractivity contribution in [3.05, 3.63) is 29.2 Å². The van der Waals surface area contributed by atoms with Crippen LogP contribution in [0.25, 0.3) is 0 Å². The molecule has 1 heterocycles. The van der Waals surface area contributed by atoms with Gasteiger partial charge in [0.2, 0.25) is 0 Å². The van der Waals surface area contributed by atoms with E-state index in [1.54, 1.807) is 0 Å². The summed E-state index contributed by atoms with van der Waals surface area (Å²) in [6, 6.07) is 4.65. The molecule has 0 radical (unpaired) electrons. The SMILES string of the molecule is CC(C)(C)c1cc(C2CCCCC2)cc(C(C)(C)C)[o+]1. The van der Waals surface area contributed by atoms with Gasteiger partial charge in [-0.25, -0.2) is 4.42 Å². The third-order valence-electron chi connectivity index (χ3n) is 4.37.